The highest BCUT2D eigenvalue weighted by molar-refractivity contribution is 9.11. The van der Waals surface area contributed by atoms with Crippen LogP contribution < -0.4 is 10.7 Å². The van der Waals surface area contributed by atoms with Crippen LogP contribution >= 0.6 is 66.4 Å². The number of aromatic hydroxyl groups is 1. The summed E-state index contributed by atoms with van der Waals surface area (Å²) in [4.78, 5) is 25.4. The maximum atomic E-state index is 12.7. The topological polar surface area (TPSA) is 90.8 Å². The summed E-state index contributed by atoms with van der Waals surface area (Å²) >= 11 is 20.2. The molecule has 0 fully saturated rings. The monoisotopic (exact) mass is 639 g/mol. The minimum absolute atomic E-state index is 0.00290. The maximum Gasteiger partial charge on any atom is 0.271 e. The van der Waals surface area contributed by atoms with E-state index in [2.05, 4.69) is 47.7 Å². The van der Waals surface area contributed by atoms with Crippen LogP contribution in [0.3, 0.4) is 0 Å². The predicted octanol–water partition coefficient (Wildman–Crippen LogP) is 7.45. The number of hydrogen-bond acceptors (Lipinski definition) is 5. The number of halogens is 4. The van der Waals surface area contributed by atoms with Gasteiger partial charge in [-0.25, -0.2) is 5.43 Å². The van der Waals surface area contributed by atoms with Crippen molar-refractivity contribution in [2.75, 3.05) is 5.32 Å². The molecule has 6 nitrogen and oxygen atoms in total. The molecule has 0 spiro atoms. The third-order valence-electron chi connectivity index (χ3n) is 4.63. The SMILES string of the molecule is O=C(N/N=C\c1cc(Br)cc(Br)c1O)c1ccc(NC(=O)c2sc3cc(Cl)ccc3c2Cl)cc1. The standard InChI is InChI=1S/C23H13Br2Cl2N3O3S/c24-13-7-12(20(31)17(25)8-13)10-28-30-22(32)11-1-4-15(5-2-11)29-23(33)21-19(27)16-6-3-14(26)9-18(16)34-21/h1-10,31H,(H,29,33)(H,30,32)/b28-10-. The Morgan fingerprint density at radius 3 is 2.47 bits per heavy atom. The molecule has 3 aromatic carbocycles. The van der Waals surface area contributed by atoms with E-state index in [4.69, 9.17) is 23.2 Å². The molecule has 172 valence electrons. The summed E-state index contributed by atoms with van der Waals surface area (Å²) in [7, 11) is 0. The highest BCUT2D eigenvalue weighted by Gasteiger charge is 2.18. The zero-order chi connectivity index (χ0) is 24.4. The van der Waals surface area contributed by atoms with E-state index >= 15 is 0 Å². The molecule has 4 aromatic rings. The molecule has 0 atom stereocenters. The van der Waals surface area contributed by atoms with Gasteiger partial charge in [0.25, 0.3) is 11.8 Å². The lowest BCUT2D eigenvalue weighted by molar-refractivity contribution is 0.0954. The molecule has 0 bridgehead atoms. The zero-order valence-corrected chi connectivity index (χ0v) is 22.4. The fraction of sp³-hybridized carbons (Fsp3) is 0. The van der Waals surface area contributed by atoms with Gasteiger partial charge in [-0.2, -0.15) is 5.10 Å². The van der Waals surface area contributed by atoms with Crippen molar-refractivity contribution in [3.05, 3.63) is 89.6 Å². The van der Waals surface area contributed by atoms with Gasteiger partial charge in [0.15, 0.2) is 0 Å². The number of hydrazone groups is 1. The molecule has 0 unspecified atom stereocenters. The second-order valence-electron chi connectivity index (χ2n) is 6.94. The largest absolute Gasteiger partial charge is 0.506 e. The first-order chi connectivity index (χ1) is 16.2. The first kappa shape index (κ1) is 24.7. The highest BCUT2D eigenvalue weighted by Crippen LogP contribution is 2.37. The number of anilines is 1. The summed E-state index contributed by atoms with van der Waals surface area (Å²) < 4.78 is 2.05. The molecular formula is C23H13Br2Cl2N3O3S. The molecule has 0 aliphatic carbocycles. The van der Waals surface area contributed by atoms with Crippen molar-refractivity contribution in [3.63, 3.8) is 0 Å². The Kier molecular flexibility index (Phi) is 7.59. The van der Waals surface area contributed by atoms with Crippen molar-refractivity contribution >= 4 is 100 Å². The summed E-state index contributed by atoms with van der Waals surface area (Å²) in [5.74, 6) is -0.806. The summed E-state index contributed by atoms with van der Waals surface area (Å²) in [5, 5.41) is 18.4. The molecule has 0 radical (unpaired) electrons. The fourth-order valence-electron chi connectivity index (χ4n) is 2.99. The van der Waals surface area contributed by atoms with Crippen LogP contribution in [0, 0.1) is 0 Å². The van der Waals surface area contributed by atoms with Crippen LogP contribution in [0.25, 0.3) is 10.1 Å². The molecule has 0 saturated heterocycles. The van der Waals surface area contributed by atoms with Crippen LogP contribution in [0.4, 0.5) is 5.69 Å². The number of thiophene rings is 1. The van der Waals surface area contributed by atoms with Gasteiger partial charge in [0.05, 0.1) is 15.7 Å². The average molecular weight is 642 g/mol. The number of carbonyl (C=O) groups is 2. The third kappa shape index (κ3) is 5.45. The quantitative estimate of drug-likeness (QED) is 0.156. The number of carbonyl (C=O) groups excluding carboxylic acids is 2. The molecule has 2 amide bonds. The third-order valence-corrected chi connectivity index (χ3v) is 7.58. The lowest BCUT2D eigenvalue weighted by atomic mass is 10.2. The van der Waals surface area contributed by atoms with Crippen LogP contribution in [-0.4, -0.2) is 23.1 Å². The number of nitrogens with zero attached hydrogens (tertiary/aromatic N) is 1. The second-order valence-corrected chi connectivity index (χ2v) is 10.6. The van der Waals surface area contributed by atoms with Crippen LogP contribution in [0.1, 0.15) is 25.6 Å². The first-order valence-electron chi connectivity index (χ1n) is 9.53. The van der Waals surface area contributed by atoms with Gasteiger partial charge in [-0.1, -0.05) is 45.2 Å². The van der Waals surface area contributed by atoms with E-state index in [-0.39, 0.29) is 11.7 Å². The number of phenolic OH excluding ortho intramolecular Hbond substituents is 1. The van der Waals surface area contributed by atoms with Gasteiger partial charge in [0.1, 0.15) is 10.6 Å². The lowest BCUT2D eigenvalue weighted by Gasteiger charge is -2.06. The summed E-state index contributed by atoms with van der Waals surface area (Å²) in [6.45, 7) is 0. The van der Waals surface area contributed by atoms with Gasteiger partial charge in [-0.05, 0) is 64.5 Å². The van der Waals surface area contributed by atoms with E-state index in [1.807, 2.05) is 0 Å². The number of phenols is 1. The smallest absolute Gasteiger partial charge is 0.271 e. The number of benzene rings is 3. The fourth-order valence-corrected chi connectivity index (χ4v) is 5.93. The van der Waals surface area contributed by atoms with Gasteiger partial charge < -0.3 is 10.4 Å². The van der Waals surface area contributed by atoms with Crippen molar-refractivity contribution in [1.82, 2.24) is 5.43 Å². The van der Waals surface area contributed by atoms with Crippen molar-refractivity contribution < 1.29 is 14.7 Å². The number of amides is 2. The number of fused-ring (bicyclic) bond motifs is 1. The van der Waals surface area contributed by atoms with Gasteiger partial charge in [0, 0.05) is 36.4 Å². The first-order valence-corrected chi connectivity index (χ1v) is 12.7. The van der Waals surface area contributed by atoms with Crippen LogP contribution in [0.2, 0.25) is 10.0 Å². The van der Waals surface area contributed by atoms with Crippen molar-refractivity contribution in [2.24, 2.45) is 5.10 Å². The Balaban J connectivity index is 1.41. The Morgan fingerprint density at radius 2 is 1.74 bits per heavy atom. The van der Waals surface area contributed by atoms with E-state index in [1.165, 1.54) is 17.6 Å². The molecule has 3 N–H and O–H groups in total. The predicted molar refractivity (Wildman–Crippen MR) is 145 cm³/mol. The molecule has 34 heavy (non-hydrogen) atoms. The van der Waals surface area contributed by atoms with Gasteiger partial charge in [0.2, 0.25) is 0 Å². The molecule has 1 heterocycles. The van der Waals surface area contributed by atoms with Crippen LogP contribution in [-0.2, 0) is 0 Å². The molecule has 4 rings (SSSR count). The summed E-state index contributed by atoms with van der Waals surface area (Å²) in [5.41, 5.74) is 3.66. The Labute approximate surface area is 224 Å². The normalized spacial score (nSPS) is 11.2. The number of hydrogen-bond donors (Lipinski definition) is 3. The molecule has 1 aromatic heterocycles. The van der Waals surface area contributed by atoms with Crippen molar-refractivity contribution in [2.45, 2.75) is 0 Å². The van der Waals surface area contributed by atoms with Crippen molar-refractivity contribution in [1.29, 1.82) is 0 Å². The number of rotatable bonds is 5. The van der Waals surface area contributed by atoms with Gasteiger partial charge in [-0.15, -0.1) is 11.3 Å². The minimum Gasteiger partial charge on any atom is -0.506 e. The van der Waals surface area contributed by atoms with E-state index in [0.717, 1.165) is 14.6 Å². The lowest BCUT2D eigenvalue weighted by Crippen LogP contribution is -2.17. The van der Waals surface area contributed by atoms with Gasteiger partial charge in [-0.3, -0.25) is 9.59 Å². The molecular weight excluding hydrogens is 629 g/mol. The van der Waals surface area contributed by atoms with Crippen LogP contribution in [0.15, 0.2) is 68.6 Å². The highest BCUT2D eigenvalue weighted by atomic mass is 79.9. The zero-order valence-electron chi connectivity index (χ0n) is 16.9. The Hall–Kier alpha value is -2.43. The molecule has 0 saturated carbocycles. The van der Waals surface area contributed by atoms with E-state index in [0.29, 0.717) is 36.2 Å². The maximum absolute atomic E-state index is 12.7. The molecule has 11 heteroatoms. The van der Waals surface area contributed by atoms with Crippen molar-refractivity contribution in [3.8, 4) is 5.75 Å². The molecule has 0 aliphatic rings. The minimum atomic E-state index is -0.452. The van der Waals surface area contributed by atoms with Crippen LogP contribution in [0.5, 0.6) is 5.75 Å². The van der Waals surface area contributed by atoms with E-state index in [1.54, 1.807) is 54.6 Å². The van der Waals surface area contributed by atoms with E-state index in [9.17, 15) is 14.7 Å². The molecule has 0 aliphatic heterocycles. The average Bonchev–Trinajstić information content (AvgIpc) is 3.13. The Bertz CT molecular complexity index is 1460. The number of nitrogens with one attached hydrogen (secondary N) is 2. The van der Waals surface area contributed by atoms with Gasteiger partial charge >= 0.3 is 0 Å². The Morgan fingerprint density at radius 1 is 1.00 bits per heavy atom. The van der Waals surface area contributed by atoms with E-state index < -0.39 is 5.91 Å². The summed E-state index contributed by atoms with van der Waals surface area (Å²) in [6, 6.07) is 14.9. The second kappa shape index (κ2) is 10.5. The summed E-state index contributed by atoms with van der Waals surface area (Å²) in [6.07, 6.45) is 1.33.